The highest BCUT2D eigenvalue weighted by molar-refractivity contribution is 6.34. The van der Waals surface area contributed by atoms with Crippen LogP contribution >= 0.6 is 11.6 Å². The Morgan fingerprint density at radius 3 is 2.91 bits per heavy atom. The Kier molecular flexibility index (Phi) is 2.94. The number of hydrogen-bond donors (Lipinski definition) is 2. The zero-order valence-electron chi connectivity index (χ0n) is 11.4. The summed E-state index contributed by atoms with van der Waals surface area (Å²) in [6.45, 7) is 0.230. The molecule has 2 heterocycles. The number of carbonyl (C=O) groups excluding carboxylic acids is 1. The minimum Gasteiger partial charge on any atom is -0.454 e. The van der Waals surface area contributed by atoms with Crippen molar-refractivity contribution in [3.05, 3.63) is 53.2 Å². The second kappa shape index (κ2) is 4.96. The van der Waals surface area contributed by atoms with Crippen molar-refractivity contribution in [3.63, 3.8) is 0 Å². The van der Waals surface area contributed by atoms with Crippen molar-refractivity contribution in [2.24, 2.45) is 0 Å². The number of anilines is 2. The molecule has 110 valence electrons. The summed E-state index contributed by atoms with van der Waals surface area (Å²) < 4.78 is 10.6. The third-order valence-electron chi connectivity index (χ3n) is 3.52. The summed E-state index contributed by atoms with van der Waals surface area (Å²) in [6.07, 6.45) is 1.66. The largest absolute Gasteiger partial charge is 0.454 e. The molecule has 0 bridgehead atoms. The molecule has 1 amide bonds. The first-order valence-electron chi connectivity index (χ1n) is 6.68. The van der Waals surface area contributed by atoms with Crippen LogP contribution in [-0.4, -0.2) is 12.7 Å². The van der Waals surface area contributed by atoms with Crippen LogP contribution in [0.1, 0.15) is 5.56 Å². The van der Waals surface area contributed by atoms with Crippen LogP contribution in [0.15, 0.2) is 42.6 Å². The van der Waals surface area contributed by atoms with E-state index in [0.29, 0.717) is 22.1 Å². The van der Waals surface area contributed by atoms with E-state index in [4.69, 9.17) is 21.1 Å². The first-order valence-corrected chi connectivity index (χ1v) is 7.06. The Morgan fingerprint density at radius 2 is 2.00 bits per heavy atom. The molecular formula is C16H11ClN2O3. The van der Waals surface area contributed by atoms with E-state index in [1.54, 1.807) is 24.4 Å². The third-order valence-corrected chi connectivity index (χ3v) is 3.76. The Morgan fingerprint density at radius 1 is 1.14 bits per heavy atom. The van der Waals surface area contributed by atoms with E-state index in [1.807, 2.05) is 18.2 Å². The molecule has 22 heavy (non-hydrogen) atoms. The normalized spacial score (nSPS) is 16.6. The van der Waals surface area contributed by atoms with Gasteiger partial charge in [-0.25, -0.2) is 0 Å². The molecule has 0 aromatic heterocycles. The van der Waals surface area contributed by atoms with Gasteiger partial charge in [0.05, 0.1) is 5.57 Å². The zero-order chi connectivity index (χ0) is 15.1. The van der Waals surface area contributed by atoms with E-state index in [0.717, 1.165) is 16.9 Å². The maximum Gasteiger partial charge on any atom is 0.257 e. The van der Waals surface area contributed by atoms with E-state index in [-0.39, 0.29) is 12.7 Å². The molecule has 2 N–H and O–H groups in total. The number of halogens is 1. The van der Waals surface area contributed by atoms with Gasteiger partial charge in [0.2, 0.25) is 6.79 Å². The minimum atomic E-state index is -0.162. The molecule has 0 atom stereocenters. The molecule has 2 aliphatic rings. The lowest BCUT2D eigenvalue weighted by Crippen LogP contribution is -2.05. The van der Waals surface area contributed by atoms with E-state index in [1.165, 1.54) is 0 Å². The molecule has 4 rings (SSSR count). The lowest BCUT2D eigenvalue weighted by Gasteiger charge is -2.04. The van der Waals surface area contributed by atoms with Gasteiger partial charge in [0.1, 0.15) is 0 Å². The van der Waals surface area contributed by atoms with Gasteiger partial charge in [0.25, 0.3) is 5.91 Å². The fourth-order valence-electron chi connectivity index (χ4n) is 2.45. The number of amides is 1. The number of hydrogen-bond acceptors (Lipinski definition) is 4. The average molecular weight is 315 g/mol. The van der Waals surface area contributed by atoms with Crippen molar-refractivity contribution in [3.8, 4) is 11.5 Å². The van der Waals surface area contributed by atoms with Crippen molar-refractivity contribution >= 4 is 34.5 Å². The third kappa shape index (κ3) is 2.16. The molecule has 0 aliphatic carbocycles. The molecule has 0 saturated carbocycles. The highest BCUT2D eigenvalue weighted by Crippen LogP contribution is 2.36. The maximum atomic E-state index is 12.0. The van der Waals surface area contributed by atoms with Gasteiger partial charge in [0, 0.05) is 34.2 Å². The number of fused-ring (bicyclic) bond motifs is 2. The lowest BCUT2D eigenvalue weighted by atomic mass is 10.1. The second-order valence-corrected chi connectivity index (χ2v) is 5.35. The number of ether oxygens (including phenoxy) is 2. The summed E-state index contributed by atoms with van der Waals surface area (Å²) in [4.78, 5) is 12.0. The summed E-state index contributed by atoms with van der Waals surface area (Å²) in [5.74, 6) is 1.24. The molecule has 0 saturated heterocycles. The Labute approximate surface area is 131 Å². The number of carbonyl (C=O) groups is 1. The van der Waals surface area contributed by atoms with Crippen molar-refractivity contribution < 1.29 is 14.3 Å². The van der Waals surface area contributed by atoms with E-state index < -0.39 is 0 Å². The van der Waals surface area contributed by atoms with Gasteiger partial charge in [-0.05, 0) is 30.3 Å². The summed E-state index contributed by atoms with van der Waals surface area (Å²) in [6, 6.07) is 10.8. The van der Waals surface area contributed by atoms with Crippen LogP contribution in [0, 0.1) is 0 Å². The van der Waals surface area contributed by atoms with Crippen LogP contribution in [0.4, 0.5) is 11.4 Å². The molecule has 0 fully saturated rings. The highest BCUT2D eigenvalue weighted by atomic mass is 35.5. The van der Waals surface area contributed by atoms with Crippen molar-refractivity contribution in [2.75, 3.05) is 17.4 Å². The van der Waals surface area contributed by atoms with Crippen LogP contribution < -0.4 is 20.1 Å². The molecule has 2 aromatic carbocycles. The molecule has 0 radical (unpaired) electrons. The highest BCUT2D eigenvalue weighted by Gasteiger charge is 2.24. The molecule has 0 spiro atoms. The average Bonchev–Trinajstić information content (AvgIpc) is 3.08. The van der Waals surface area contributed by atoms with Gasteiger partial charge in [-0.2, -0.15) is 0 Å². The van der Waals surface area contributed by atoms with Crippen LogP contribution in [0.25, 0.3) is 5.57 Å². The molecule has 6 heteroatoms. The minimum absolute atomic E-state index is 0.162. The zero-order valence-corrected chi connectivity index (χ0v) is 12.1. The summed E-state index contributed by atoms with van der Waals surface area (Å²) in [5, 5.41) is 6.49. The standard InChI is InChI=1S/C16H11ClN2O3/c17-9-1-3-13-11(5-9)12(16(20)19-13)7-18-10-2-4-14-15(6-10)22-8-21-14/h1-7,18H,8H2,(H,19,20)/b12-7-. The first-order chi connectivity index (χ1) is 10.7. The van der Waals surface area contributed by atoms with Gasteiger partial charge in [-0.3, -0.25) is 4.79 Å². The topological polar surface area (TPSA) is 59.6 Å². The Hall–Kier alpha value is -2.66. The smallest absolute Gasteiger partial charge is 0.257 e. The van der Waals surface area contributed by atoms with Gasteiger partial charge < -0.3 is 20.1 Å². The van der Waals surface area contributed by atoms with Crippen molar-refractivity contribution in [2.45, 2.75) is 0 Å². The quantitative estimate of drug-likeness (QED) is 0.833. The van der Waals surface area contributed by atoms with E-state index in [9.17, 15) is 4.79 Å². The summed E-state index contributed by atoms with van der Waals surface area (Å²) >= 11 is 6.00. The van der Waals surface area contributed by atoms with Gasteiger partial charge in [0.15, 0.2) is 11.5 Å². The van der Waals surface area contributed by atoms with Gasteiger partial charge in [-0.1, -0.05) is 11.6 Å². The van der Waals surface area contributed by atoms with E-state index >= 15 is 0 Å². The Bertz CT molecular complexity index is 817. The van der Waals surface area contributed by atoms with Crippen LogP contribution in [0.5, 0.6) is 11.5 Å². The van der Waals surface area contributed by atoms with Crippen LogP contribution in [0.2, 0.25) is 5.02 Å². The number of benzene rings is 2. The number of rotatable bonds is 2. The second-order valence-electron chi connectivity index (χ2n) is 4.91. The monoisotopic (exact) mass is 314 g/mol. The number of nitrogens with one attached hydrogen (secondary N) is 2. The van der Waals surface area contributed by atoms with Crippen LogP contribution in [-0.2, 0) is 4.79 Å². The van der Waals surface area contributed by atoms with Crippen molar-refractivity contribution in [1.82, 2.24) is 0 Å². The predicted molar refractivity (Wildman–Crippen MR) is 84.2 cm³/mol. The van der Waals surface area contributed by atoms with Gasteiger partial charge >= 0.3 is 0 Å². The molecule has 2 aromatic rings. The molecule has 2 aliphatic heterocycles. The molecule has 5 nitrogen and oxygen atoms in total. The SMILES string of the molecule is O=C1Nc2ccc(Cl)cc2/C1=C/Nc1ccc2c(c1)OCO2. The van der Waals surface area contributed by atoms with Crippen molar-refractivity contribution in [1.29, 1.82) is 0 Å². The van der Waals surface area contributed by atoms with Crippen LogP contribution in [0.3, 0.4) is 0 Å². The lowest BCUT2D eigenvalue weighted by molar-refractivity contribution is -0.110. The predicted octanol–water partition coefficient (Wildman–Crippen LogP) is 3.47. The maximum absolute atomic E-state index is 12.0. The fraction of sp³-hybridized carbons (Fsp3) is 0.0625. The van der Waals surface area contributed by atoms with Gasteiger partial charge in [-0.15, -0.1) is 0 Å². The summed E-state index contributed by atoms with van der Waals surface area (Å²) in [5.41, 5.74) is 2.88. The molecular weight excluding hydrogens is 304 g/mol. The van der Waals surface area contributed by atoms with E-state index in [2.05, 4.69) is 10.6 Å². The first kappa shape index (κ1) is 13.0. The Balaban J connectivity index is 1.64. The fourth-order valence-corrected chi connectivity index (χ4v) is 2.62. The molecule has 0 unspecified atom stereocenters. The summed E-state index contributed by atoms with van der Waals surface area (Å²) in [7, 11) is 0.